The lowest BCUT2D eigenvalue weighted by atomic mass is 10.2. The summed E-state index contributed by atoms with van der Waals surface area (Å²) in [5.74, 6) is -1.06. The highest BCUT2D eigenvalue weighted by molar-refractivity contribution is 5.82. The average Bonchev–Trinajstić information content (AvgIpc) is 2.16. The number of hydrogen-bond donors (Lipinski definition) is 3. The second-order valence-electron chi connectivity index (χ2n) is 3.34. The summed E-state index contributed by atoms with van der Waals surface area (Å²) in [4.78, 5) is 22.0. The van der Waals surface area contributed by atoms with Gasteiger partial charge in [-0.3, -0.25) is 0 Å². The number of carboxylic acids is 1. The van der Waals surface area contributed by atoms with Crippen LogP contribution in [-0.2, 0) is 4.79 Å². The number of carboxylic acid groups (broad SMARTS) is 1. The third kappa shape index (κ3) is 5.72. The first-order chi connectivity index (χ1) is 7.01. The molecule has 0 bridgehead atoms. The van der Waals surface area contributed by atoms with Gasteiger partial charge in [0, 0.05) is 6.04 Å². The van der Waals surface area contributed by atoms with Crippen molar-refractivity contribution in [1.29, 1.82) is 0 Å². The topological polar surface area (TPSA) is 78.4 Å². The molecule has 0 aliphatic heterocycles. The second-order valence-corrected chi connectivity index (χ2v) is 3.34. The standard InChI is InChI=1S/C10H18N2O3/c1-4-6-8(9(13)14)12-10(15)11-7(3)5-2/h4,7-8H,1,5-6H2,2-3H3,(H,13,14)(H2,11,12,15). The third-order valence-corrected chi connectivity index (χ3v) is 2.00. The van der Waals surface area contributed by atoms with Crippen LogP contribution < -0.4 is 10.6 Å². The minimum absolute atomic E-state index is 0.0307. The molecule has 0 rings (SSSR count). The van der Waals surface area contributed by atoms with E-state index in [9.17, 15) is 9.59 Å². The van der Waals surface area contributed by atoms with Gasteiger partial charge in [-0.15, -0.1) is 6.58 Å². The highest BCUT2D eigenvalue weighted by atomic mass is 16.4. The van der Waals surface area contributed by atoms with Crippen molar-refractivity contribution in [2.75, 3.05) is 0 Å². The Hall–Kier alpha value is -1.52. The number of nitrogens with one attached hydrogen (secondary N) is 2. The van der Waals surface area contributed by atoms with Crippen molar-refractivity contribution >= 4 is 12.0 Å². The molecule has 0 aromatic rings. The maximum absolute atomic E-state index is 11.3. The predicted octanol–water partition coefficient (Wildman–Crippen LogP) is 1.11. The van der Waals surface area contributed by atoms with E-state index >= 15 is 0 Å². The van der Waals surface area contributed by atoms with Gasteiger partial charge in [-0.25, -0.2) is 9.59 Å². The van der Waals surface area contributed by atoms with Gasteiger partial charge in [-0.05, 0) is 19.8 Å². The second kappa shape index (κ2) is 6.86. The van der Waals surface area contributed by atoms with Crippen LogP contribution in [0.1, 0.15) is 26.7 Å². The van der Waals surface area contributed by atoms with Crippen LogP contribution in [-0.4, -0.2) is 29.2 Å². The number of carbonyl (C=O) groups excluding carboxylic acids is 1. The molecule has 15 heavy (non-hydrogen) atoms. The van der Waals surface area contributed by atoms with Crippen molar-refractivity contribution in [3.8, 4) is 0 Å². The average molecular weight is 214 g/mol. The lowest BCUT2D eigenvalue weighted by Crippen LogP contribution is -2.48. The van der Waals surface area contributed by atoms with E-state index in [4.69, 9.17) is 5.11 Å². The number of hydrogen-bond acceptors (Lipinski definition) is 2. The van der Waals surface area contributed by atoms with Gasteiger partial charge < -0.3 is 15.7 Å². The van der Waals surface area contributed by atoms with Gasteiger partial charge in [0.15, 0.2) is 0 Å². The molecular formula is C10H18N2O3. The number of urea groups is 1. The Balaban J connectivity index is 4.10. The molecule has 2 atom stereocenters. The lowest BCUT2D eigenvalue weighted by Gasteiger charge is -2.16. The molecule has 86 valence electrons. The monoisotopic (exact) mass is 214 g/mol. The molecule has 0 spiro atoms. The summed E-state index contributed by atoms with van der Waals surface area (Å²) in [6.07, 6.45) is 2.47. The molecule has 0 radical (unpaired) electrons. The fourth-order valence-electron chi connectivity index (χ4n) is 0.914. The van der Waals surface area contributed by atoms with Crippen molar-refractivity contribution in [3.05, 3.63) is 12.7 Å². The van der Waals surface area contributed by atoms with E-state index in [-0.39, 0.29) is 12.5 Å². The number of rotatable bonds is 6. The molecule has 5 heteroatoms. The first kappa shape index (κ1) is 13.5. The number of carbonyl (C=O) groups is 2. The van der Waals surface area contributed by atoms with Crippen LogP contribution in [0.5, 0.6) is 0 Å². The van der Waals surface area contributed by atoms with Crippen LogP contribution in [0, 0.1) is 0 Å². The van der Waals surface area contributed by atoms with Crippen LogP contribution in [0.4, 0.5) is 4.79 Å². The molecule has 0 saturated carbocycles. The summed E-state index contributed by atoms with van der Waals surface area (Å²) in [7, 11) is 0. The van der Waals surface area contributed by atoms with Gasteiger partial charge in [0.05, 0.1) is 0 Å². The van der Waals surface area contributed by atoms with Crippen molar-refractivity contribution in [1.82, 2.24) is 10.6 Å². The number of aliphatic carboxylic acids is 1. The Bertz CT molecular complexity index is 241. The van der Waals surface area contributed by atoms with Gasteiger partial charge in [0.2, 0.25) is 0 Å². The molecule has 3 N–H and O–H groups in total. The molecule has 0 heterocycles. The SMILES string of the molecule is C=CCC(NC(=O)NC(C)CC)C(=O)O. The third-order valence-electron chi connectivity index (χ3n) is 2.00. The Morgan fingerprint density at radius 2 is 2.07 bits per heavy atom. The van der Waals surface area contributed by atoms with Crippen molar-refractivity contribution in [2.45, 2.75) is 38.8 Å². The first-order valence-corrected chi connectivity index (χ1v) is 4.92. The minimum atomic E-state index is -1.06. The molecule has 0 fully saturated rings. The normalized spacial score (nSPS) is 13.7. The highest BCUT2D eigenvalue weighted by Crippen LogP contribution is 1.94. The summed E-state index contributed by atoms with van der Waals surface area (Å²) < 4.78 is 0. The first-order valence-electron chi connectivity index (χ1n) is 4.92. The fourth-order valence-corrected chi connectivity index (χ4v) is 0.914. The van der Waals surface area contributed by atoms with E-state index in [1.807, 2.05) is 13.8 Å². The van der Waals surface area contributed by atoms with Gasteiger partial charge >= 0.3 is 12.0 Å². The van der Waals surface area contributed by atoms with Crippen LogP contribution >= 0.6 is 0 Å². The van der Waals surface area contributed by atoms with Gasteiger partial charge in [-0.2, -0.15) is 0 Å². The molecule has 0 aliphatic rings. The van der Waals surface area contributed by atoms with Crippen molar-refractivity contribution in [3.63, 3.8) is 0 Å². The van der Waals surface area contributed by atoms with Crippen LogP contribution in [0.2, 0.25) is 0 Å². The molecule has 2 unspecified atom stereocenters. The smallest absolute Gasteiger partial charge is 0.326 e. The maximum Gasteiger partial charge on any atom is 0.326 e. The quantitative estimate of drug-likeness (QED) is 0.579. The predicted molar refractivity (Wildman–Crippen MR) is 57.7 cm³/mol. The summed E-state index contributed by atoms with van der Waals surface area (Å²) in [5.41, 5.74) is 0. The summed E-state index contributed by atoms with van der Waals surface area (Å²) in [6, 6.07) is -1.34. The van der Waals surface area contributed by atoms with E-state index in [0.717, 1.165) is 6.42 Å². The van der Waals surface area contributed by atoms with Gasteiger partial charge in [0.25, 0.3) is 0 Å². The van der Waals surface area contributed by atoms with E-state index in [2.05, 4.69) is 17.2 Å². The number of amides is 2. The highest BCUT2D eigenvalue weighted by Gasteiger charge is 2.18. The Morgan fingerprint density at radius 3 is 2.47 bits per heavy atom. The Labute approximate surface area is 89.6 Å². The van der Waals surface area contributed by atoms with Crippen LogP contribution in [0.25, 0.3) is 0 Å². The summed E-state index contributed by atoms with van der Waals surface area (Å²) >= 11 is 0. The van der Waals surface area contributed by atoms with E-state index in [1.165, 1.54) is 6.08 Å². The van der Waals surface area contributed by atoms with Gasteiger partial charge in [0.1, 0.15) is 6.04 Å². The zero-order valence-corrected chi connectivity index (χ0v) is 9.12. The van der Waals surface area contributed by atoms with E-state index in [0.29, 0.717) is 0 Å². The summed E-state index contributed by atoms with van der Waals surface area (Å²) in [6.45, 7) is 7.22. The van der Waals surface area contributed by atoms with Gasteiger partial charge in [-0.1, -0.05) is 13.0 Å². The lowest BCUT2D eigenvalue weighted by molar-refractivity contribution is -0.139. The molecule has 0 aromatic carbocycles. The maximum atomic E-state index is 11.3. The van der Waals surface area contributed by atoms with Crippen LogP contribution in [0.15, 0.2) is 12.7 Å². The molecule has 0 aliphatic carbocycles. The summed E-state index contributed by atoms with van der Waals surface area (Å²) in [5, 5.41) is 13.7. The van der Waals surface area contributed by atoms with Crippen molar-refractivity contribution in [2.24, 2.45) is 0 Å². The molecule has 0 aromatic heterocycles. The van der Waals surface area contributed by atoms with Crippen molar-refractivity contribution < 1.29 is 14.7 Å². The zero-order chi connectivity index (χ0) is 11.8. The van der Waals surface area contributed by atoms with Crippen LogP contribution in [0.3, 0.4) is 0 Å². The molecular weight excluding hydrogens is 196 g/mol. The Morgan fingerprint density at radius 1 is 1.47 bits per heavy atom. The molecule has 0 saturated heterocycles. The zero-order valence-electron chi connectivity index (χ0n) is 9.12. The minimum Gasteiger partial charge on any atom is -0.480 e. The van der Waals surface area contributed by atoms with E-state index in [1.54, 1.807) is 0 Å². The fraction of sp³-hybridized carbons (Fsp3) is 0.600. The molecule has 2 amide bonds. The Kier molecular flexibility index (Phi) is 6.17. The molecule has 5 nitrogen and oxygen atoms in total. The largest absolute Gasteiger partial charge is 0.480 e. The van der Waals surface area contributed by atoms with E-state index < -0.39 is 18.0 Å².